The van der Waals surface area contributed by atoms with Crippen molar-refractivity contribution in [1.29, 1.82) is 0 Å². The summed E-state index contributed by atoms with van der Waals surface area (Å²) in [6, 6.07) is -0.588. The fraction of sp³-hybridized carbons (Fsp3) is 0.818. The second-order valence-corrected chi connectivity index (χ2v) is 4.71. The number of carbonyl (C=O) groups excluding carboxylic acids is 1. The summed E-state index contributed by atoms with van der Waals surface area (Å²) in [6.45, 7) is 7.19. The lowest BCUT2D eigenvalue weighted by Gasteiger charge is -2.24. The summed E-state index contributed by atoms with van der Waals surface area (Å²) in [5.41, 5.74) is 4.72. The Balaban J connectivity index is 4.34. The minimum Gasteiger partial charge on any atom is -0.481 e. The molecule has 0 aromatic carbocycles. The van der Waals surface area contributed by atoms with E-state index < -0.39 is 17.4 Å². The lowest BCUT2D eigenvalue weighted by atomic mass is 9.87. The molecule has 0 heterocycles. The van der Waals surface area contributed by atoms with Crippen LogP contribution < -0.4 is 11.1 Å². The van der Waals surface area contributed by atoms with E-state index in [0.29, 0.717) is 6.42 Å². The first kappa shape index (κ1) is 14.9. The molecule has 94 valence electrons. The monoisotopic (exact) mass is 230 g/mol. The molecule has 5 heteroatoms. The van der Waals surface area contributed by atoms with E-state index in [1.54, 1.807) is 13.8 Å². The second kappa shape index (κ2) is 5.84. The molecule has 16 heavy (non-hydrogen) atoms. The number of nitrogens with two attached hydrogens (primary N) is 1. The molecule has 0 bridgehead atoms. The van der Waals surface area contributed by atoms with Gasteiger partial charge in [-0.25, -0.2) is 0 Å². The summed E-state index contributed by atoms with van der Waals surface area (Å²) in [5.74, 6) is -1.16. The molecular weight excluding hydrogens is 208 g/mol. The summed E-state index contributed by atoms with van der Waals surface area (Å²) >= 11 is 0. The van der Waals surface area contributed by atoms with Crippen LogP contribution in [0.4, 0.5) is 0 Å². The summed E-state index contributed by atoms with van der Waals surface area (Å²) in [5, 5.41) is 11.6. The maximum atomic E-state index is 11.5. The zero-order valence-corrected chi connectivity index (χ0v) is 10.4. The van der Waals surface area contributed by atoms with Crippen LogP contribution in [0.2, 0.25) is 0 Å². The topological polar surface area (TPSA) is 92.4 Å². The van der Waals surface area contributed by atoms with E-state index in [2.05, 4.69) is 5.32 Å². The zero-order chi connectivity index (χ0) is 12.9. The highest BCUT2D eigenvalue weighted by molar-refractivity contribution is 5.83. The number of hydrogen-bond acceptors (Lipinski definition) is 3. The molecule has 0 rings (SSSR count). The van der Waals surface area contributed by atoms with E-state index >= 15 is 0 Å². The number of nitrogens with one attached hydrogen (secondary N) is 1. The van der Waals surface area contributed by atoms with Crippen molar-refractivity contribution in [2.45, 2.75) is 40.2 Å². The Morgan fingerprint density at radius 3 is 2.25 bits per heavy atom. The van der Waals surface area contributed by atoms with E-state index in [0.717, 1.165) is 0 Å². The van der Waals surface area contributed by atoms with Crippen LogP contribution >= 0.6 is 0 Å². The van der Waals surface area contributed by atoms with Gasteiger partial charge in [-0.05, 0) is 19.3 Å². The van der Waals surface area contributed by atoms with Crippen LogP contribution in [-0.4, -0.2) is 29.6 Å². The highest BCUT2D eigenvalue weighted by Crippen LogP contribution is 2.19. The summed E-state index contributed by atoms with van der Waals surface area (Å²) in [7, 11) is 0. The smallest absolute Gasteiger partial charge is 0.311 e. The van der Waals surface area contributed by atoms with Gasteiger partial charge in [0.2, 0.25) is 5.91 Å². The van der Waals surface area contributed by atoms with E-state index in [4.69, 9.17) is 10.8 Å². The molecule has 0 aliphatic rings. The van der Waals surface area contributed by atoms with Crippen LogP contribution in [0.1, 0.15) is 34.1 Å². The molecular formula is C11H22N2O3. The highest BCUT2D eigenvalue weighted by Gasteiger charge is 2.32. The van der Waals surface area contributed by atoms with Crippen molar-refractivity contribution in [3.05, 3.63) is 0 Å². The average molecular weight is 230 g/mol. The fourth-order valence-electron chi connectivity index (χ4n) is 1.05. The Kier molecular flexibility index (Phi) is 5.44. The third-order valence-corrected chi connectivity index (χ3v) is 2.97. The van der Waals surface area contributed by atoms with Crippen molar-refractivity contribution in [2.75, 3.05) is 6.54 Å². The number of aliphatic carboxylic acids is 1. The number of rotatable bonds is 6. The number of hydrogen-bond donors (Lipinski definition) is 3. The van der Waals surface area contributed by atoms with Crippen molar-refractivity contribution < 1.29 is 14.7 Å². The molecule has 0 fully saturated rings. The van der Waals surface area contributed by atoms with Crippen molar-refractivity contribution in [3.63, 3.8) is 0 Å². The molecule has 0 saturated carbocycles. The van der Waals surface area contributed by atoms with E-state index in [-0.39, 0.29) is 18.4 Å². The van der Waals surface area contributed by atoms with Gasteiger partial charge in [-0.2, -0.15) is 0 Å². The quantitative estimate of drug-likeness (QED) is 0.622. The maximum Gasteiger partial charge on any atom is 0.311 e. The lowest BCUT2D eigenvalue weighted by Crippen LogP contribution is -2.48. The van der Waals surface area contributed by atoms with Crippen LogP contribution in [0.3, 0.4) is 0 Å². The van der Waals surface area contributed by atoms with Gasteiger partial charge in [0.25, 0.3) is 0 Å². The minimum absolute atomic E-state index is 0.0395. The van der Waals surface area contributed by atoms with Crippen molar-refractivity contribution >= 4 is 11.9 Å². The van der Waals surface area contributed by atoms with Crippen LogP contribution in [-0.2, 0) is 9.59 Å². The fourth-order valence-corrected chi connectivity index (χ4v) is 1.05. The molecule has 0 aromatic heterocycles. The molecule has 0 saturated heterocycles. The first-order chi connectivity index (χ1) is 7.24. The van der Waals surface area contributed by atoms with Gasteiger partial charge in [0.15, 0.2) is 0 Å². The van der Waals surface area contributed by atoms with E-state index in [9.17, 15) is 9.59 Å². The van der Waals surface area contributed by atoms with Gasteiger partial charge >= 0.3 is 5.97 Å². The predicted molar refractivity (Wildman–Crippen MR) is 61.9 cm³/mol. The molecule has 5 nitrogen and oxygen atoms in total. The third-order valence-electron chi connectivity index (χ3n) is 2.97. The predicted octanol–water partition coefficient (Wildman–Crippen LogP) is 0.587. The first-order valence-corrected chi connectivity index (χ1v) is 5.51. The Hall–Kier alpha value is -1.10. The summed E-state index contributed by atoms with van der Waals surface area (Å²) < 4.78 is 0. The lowest BCUT2D eigenvalue weighted by molar-refractivity contribution is -0.148. The molecule has 0 aliphatic carbocycles. The molecule has 0 aromatic rings. The molecule has 4 N–H and O–H groups in total. The van der Waals surface area contributed by atoms with Gasteiger partial charge in [0.05, 0.1) is 11.5 Å². The normalized spacial score (nSPS) is 16.6. The average Bonchev–Trinajstić information content (AvgIpc) is 2.23. The molecule has 0 aliphatic heterocycles. The maximum absolute atomic E-state index is 11.5. The molecule has 2 atom stereocenters. The Morgan fingerprint density at radius 2 is 1.94 bits per heavy atom. The van der Waals surface area contributed by atoms with Gasteiger partial charge in [-0.15, -0.1) is 0 Å². The Bertz CT molecular complexity index is 266. The number of carboxylic acids is 1. The van der Waals surface area contributed by atoms with Crippen LogP contribution in [0, 0.1) is 11.3 Å². The number of amides is 1. The summed E-state index contributed by atoms with van der Waals surface area (Å²) in [6.07, 6.45) is 0.458. The molecule has 0 spiro atoms. The van der Waals surface area contributed by atoms with Crippen LogP contribution in [0.15, 0.2) is 0 Å². The van der Waals surface area contributed by atoms with Gasteiger partial charge in [-0.3, -0.25) is 9.59 Å². The number of carbonyl (C=O) groups is 2. The molecule has 1 unspecified atom stereocenters. The zero-order valence-electron chi connectivity index (χ0n) is 10.4. The Morgan fingerprint density at radius 1 is 1.44 bits per heavy atom. The van der Waals surface area contributed by atoms with E-state index in [1.807, 2.05) is 13.8 Å². The molecule has 0 radical (unpaired) electrons. The highest BCUT2D eigenvalue weighted by atomic mass is 16.4. The van der Waals surface area contributed by atoms with Crippen molar-refractivity contribution in [1.82, 2.24) is 5.32 Å². The van der Waals surface area contributed by atoms with Gasteiger partial charge in [0, 0.05) is 6.54 Å². The SMILES string of the molecule is CCC(C)(CNC(=O)[C@@H](N)C(C)C)C(=O)O. The number of carboxylic acid groups (broad SMARTS) is 1. The minimum atomic E-state index is -0.924. The largest absolute Gasteiger partial charge is 0.481 e. The third kappa shape index (κ3) is 3.81. The van der Waals surface area contributed by atoms with Gasteiger partial charge < -0.3 is 16.2 Å². The van der Waals surface area contributed by atoms with Crippen LogP contribution in [0.5, 0.6) is 0 Å². The van der Waals surface area contributed by atoms with E-state index in [1.165, 1.54) is 0 Å². The van der Waals surface area contributed by atoms with Gasteiger partial charge in [-0.1, -0.05) is 20.8 Å². The van der Waals surface area contributed by atoms with Crippen LogP contribution in [0.25, 0.3) is 0 Å². The standard InChI is InChI=1S/C11H22N2O3/c1-5-11(4,10(15)16)6-13-9(14)8(12)7(2)3/h7-8H,5-6,12H2,1-4H3,(H,13,14)(H,15,16)/t8-,11?/m0/s1. The Labute approximate surface area is 96.4 Å². The first-order valence-electron chi connectivity index (χ1n) is 5.51. The summed E-state index contributed by atoms with van der Waals surface area (Å²) in [4.78, 5) is 22.5. The van der Waals surface area contributed by atoms with Crippen molar-refractivity contribution in [2.24, 2.45) is 17.1 Å². The van der Waals surface area contributed by atoms with Crippen molar-refractivity contribution in [3.8, 4) is 0 Å². The van der Waals surface area contributed by atoms with Gasteiger partial charge in [0.1, 0.15) is 0 Å². The second-order valence-electron chi connectivity index (χ2n) is 4.71. The molecule has 1 amide bonds.